The number of benzene rings is 1. The standard InChI is InChI=1S/C15H19ClINO3/c1-9(2)5-10(6-14(19)20)8-18-15(21)12-7-11(16)3-4-13(12)17/h3-4,7,9-10H,5-6,8H2,1-2H3,(H,18,21)(H,19,20). The smallest absolute Gasteiger partial charge is 0.303 e. The van der Waals surface area contributed by atoms with Crippen LogP contribution in [0, 0.1) is 15.4 Å². The van der Waals surface area contributed by atoms with Crippen molar-refractivity contribution in [2.24, 2.45) is 11.8 Å². The molecule has 6 heteroatoms. The van der Waals surface area contributed by atoms with Gasteiger partial charge in [0.2, 0.25) is 0 Å². The minimum absolute atomic E-state index is 0.0606. The van der Waals surface area contributed by atoms with E-state index in [1.807, 2.05) is 13.8 Å². The quantitative estimate of drug-likeness (QED) is 0.655. The van der Waals surface area contributed by atoms with Gasteiger partial charge in [-0.1, -0.05) is 25.4 Å². The minimum atomic E-state index is -0.841. The van der Waals surface area contributed by atoms with Gasteiger partial charge in [-0.2, -0.15) is 0 Å². The van der Waals surface area contributed by atoms with Crippen molar-refractivity contribution in [1.82, 2.24) is 5.32 Å². The van der Waals surface area contributed by atoms with Crippen LogP contribution >= 0.6 is 34.2 Å². The van der Waals surface area contributed by atoms with Gasteiger partial charge < -0.3 is 10.4 Å². The molecular weight excluding hydrogens is 405 g/mol. The Hall–Kier alpha value is -0.820. The van der Waals surface area contributed by atoms with Gasteiger partial charge in [0.05, 0.1) is 5.56 Å². The molecule has 0 aliphatic rings. The molecule has 1 atom stereocenters. The molecule has 0 aromatic heterocycles. The Kier molecular flexibility index (Phi) is 7.45. The van der Waals surface area contributed by atoms with Crippen LogP contribution in [0.2, 0.25) is 5.02 Å². The summed E-state index contributed by atoms with van der Waals surface area (Å²) in [6.45, 7) is 4.43. The number of nitrogens with one attached hydrogen (secondary N) is 1. The molecule has 116 valence electrons. The molecule has 0 fully saturated rings. The summed E-state index contributed by atoms with van der Waals surface area (Å²) in [7, 11) is 0. The van der Waals surface area contributed by atoms with Crippen LogP contribution in [-0.2, 0) is 4.79 Å². The average Bonchev–Trinajstić information content (AvgIpc) is 2.37. The Morgan fingerprint density at radius 1 is 1.38 bits per heavy atom. The SMILES string of the molecule is CC(C)CC(CNC(=O)c1cc(Cl)ccc1I)CC(=O)O. The Morgan fingerprint density at radius 3 is 2.62 bits per heavy atom. The van der Waals surface area contributed by atoms with Crippen molar-refractivity contribution in [3.8, 4) is 0 Å². The molecular formula is C15H19ClINO3. The van der Waals surface area contributed by atoms with E-state index < -0.39 is 5.97 Å². The van der Waals surface area contributed by atoms with Gasteiger partial charge in [0.25, 0.3) is 5.91 Å². The van der Waals surface area contributed by atoms with E-state index in [2.05, 4.69) is 27.9 Å². The molecule has 21 heavy (non-hydrogen) atoms. The number of halogens is 2. The zero-order chi connectivity index (χ0) is 16.0. The van der Waals surface area contributed by atoms with Gasteiger partial charge in [-0.05, 0) is 59.0 Å². The van der Waals surface area contributed by atoms with E-state index >= 15 is 0 Å². The Bertz CT molecular complexity index is 520. The van der Waals surface area contributed by atoms with Gasteiger partial charge in [0.15, 0.2) is 0 Å². The van der Waals surface area contributed by atoms with E-state index in [-0.39, 0.29) is 18.2 Å². The number of carboxylic acids is 1. The van der Waals surface area contributed by atoms with Crippen LogP contribution in [0.3, 0.4) is 0 Å². The van der Waals surface area contributed by atoms with E-state index in [0.717, 1.165) is 9.99 Å². The molecule has 0 radical (unpaired) electrons. The van der Waals surface area contributed by atoms with Crippen molar-refractivity contribution in [3.63, 3.8) is 0 Å². The summed E-state index contributed by atoms with van der Waals surface area (Å²) < 4.78 is 0.813. The predicted molar refractivity (Wildman–Crippen MR) is 91.7 cm³/mol. The fourth-order valence-corrected chi connectivity index (χ4v) is 2.91. The molecule has 4 nitrogen and oxygen atoms in total. The molecule has 0 saturated heterocycles. The maximum atomic E-state index is 12.2. The first-order valence-electron chi connectivity index (χ1n) is 6.74. The van der Waals surface area contributed by atoms with Gasteiger partial charge >= 0.3 is 5.97 Å². The molecule has 2 N–H and O–H groups in total. The molecule has 0 bridgehead atoms. The molecule has 1 unspecified atom stereocenters. The zero-order valence-electron chi connectivity index (χ0n) is 12.0. The topological polar surface area (TPSA) is 66.4 Å². The number of rotatable bonds is 7. The highest BCUT2D eigenvalue weighted by molar-refractivity contribution is 14.1. The van der Waals surface area contributed by atoms with Crippen LogP contribution in [0.25, 0.3) is 0 Å². The second kappa shape index (κ2) is 8.58. The Morgan fingerprint density at radius 2 is 2.05 bits per heavy atom. The number of aliphatic carboxylic acids is 1. The van der Waals surface area contributed by atoms with E-state index in [9.17, 15) is 9.59 Å². The first-order chi connectivity index (χ1) is 9.79. The maximum Gasteiger partial charge on any atom is 0.303 e. The highest BCUT2D eigenvalue weighted by atomic mass is 127. The first-order valence-corrected chi connectivity index (χ1v) is 8.20. The second-order valence-electron chi connectivity index (χ2n) is 5.43. The Labute approximate surface area is 143 Å². The van der Waals surface area contributed by atoms with Crippen LogP contribution in [0.1, 0.15) is 37.0 Å². The van der Waals surface area contributed by atoms with Gasteiger partial charge in [0.1, 0.15) is 0 Å². The van der Waals surface area contributed by atoms with Crippen LogP contribution in [-0.4, -0.2) is 23.5 Å². The molecule has 0 aliphatic heterocycles. The summed E-state index contributed by atoms with van der Waals surface area (Å²) in [5.41, 5.74) is 0.515. The van der Waals surface area contributed by atoms with Crippen molar-refractivity contribution in [3.05, 3.63) is 32.4 Å². The lowest BCUT2D eigenvalue weighted by Gasteiger charge is -2.18. The fourth-order valence-electron chi connectivity index (χ4n) is 2.16. The van der Waals surface area contributed by atoms with Crippen molar-refractivity contribution in [2.75, 3.05) is 6.54 Å². The van der Waals surface area contributed by atoms with Crippen LogP contribution < -0.4 is 5.32 Å². The highest BCUT2D eigenvalue weighted by Crippen LogP contribution is 2.19. The number of hydrogen-bond donors (Lipinski definition) is 2. The fraction of sp³-hybridized carbons (Fsp3) is 0.467. The number of carboxylic acid groups (broad SMARTS) is 1. The summed E-state index contributed by atoms with van der Waals surface area (Å²) in [6, 6.07) is 5.13. The van der Waals surface area contributed by atoms with Gasteiger partial charge in [-0.15, -0.1) is 0 Å². The van der Waals surface area contributed by atoms with Gasteiger partial charge in [-0.25, -0.2) is 0 Å². The third-order valence-electron chi connectivity index (χ3n) is 2.99. The number of carbonyl (C=O) groups excluding carboxylic acids is 1. The molecule has 0 heterocycles. The summed E-state index contributed by atoms with van der Waals surface area (Å²) in [5.74, 6) is -0.742. The largest absolute Gasteiger partial charge is 0.481 e. The normalized spacial score (nSPS) is 12.2. The summed E-state index contributed by atoms with van der Waals surface area (Å²) in [6.07, 6.45) is 0.824. The lowest BCUT2D eigenvalue weighted by molar-refractivity contribution is -0.138. The third-order valence-corrected chi connectivity index (χ3v) is 4.17. The molecule has 1 aromatic rings. The van der Waals surface area contributed by atoms with Crippen molar-refractivity contribution in [2.45, 2.75) is 26.7 Å². The van der Waals surface area contributed by atoms with E-state index in [1.54, 1.807) is 18.2 Å². The highest BCUT2D eigenvalue weighted by Gasteiger charge is 2.17. The molecule has 1 rings (SSSR count). The lowest BCUT2D eigenvalue weighted by Crippen LogP contribution is -2.31. The van der Waals surface area contributed by atoms with Gasteiger partial charge in [0, 0.05) is 21.6 Å². The van der Waals surface area contributed by atoms with E-state index in [4.69, 9.17) is 16.7 Å². The third kappa shape index (κ3) is 6.65. The average molecular weight is 424 g/mol. The lowest BCUT2D eigenvalue weighted by atomic mass is 9.94. The Balaban J connectivity index is 2.68. The first kappa shape index (κ1) is 18.2. The van der Waals surface area contributed by atoms with Crippen LogP contribution in [0.15, 0.2) is 18.2 Å². The van der Waals surface area contributed by atoms with Crippen LogP contribution in [0.5, 0.6) is 0 Å². The van der Waals surface area contributed by atoms with Crippen LogP contribution in [0.4, 0.5) is 0 Å². The summed E-state index contributed by atoms with van der Waals surface area (Å²) in [5, 5.41) is 12.2. The minimum Gasteiger partial charge on any atom is -0.481 e. The molecule has 0 saturated carbocycles. The molecule has 0 aliphatic carbocycles. The summed E-state index contributed by atoms with van der Waals surface area (Å²) in [4.78, 5) is 23.0. The predicted octanol–water partition coefficient (Wildman–Crippen LogP) is 3.81. The van der Waals surface area contributed by atoms with Gasteiger partial charge in [-0.3, -0.25) is 9.59 Å². The van der Waals surface area contributed by atoms with Crippen molar-refractivity contribution < 1.29 is 14.7 Å². The number of hydrogen-bond acceptors (Lipinski definition) is 2. The van der Waals surface area contributed by atoms with Crippen molar-refractivity contribution in [1.29, 1.82) is 0 Å². The molecule has 1 amide bonds. The van der Waals surface area contributed by atoms with Crippen molar-refractivity contribution >= 4 is 46.1 Å². The second-order valence-corrected chi connectivity index (χ2v) is 7.03. The van der Waals surface area contributed by atoms with E-state index in [0.29, 0.717) is 23.0 Å². The number of carbonyl (C=O) groups is 2. The summed E-state index contributed by atoms with van der Waals surface area (Å²) >= 11 is 7.98. The monoisotopic (exact) mass is 423 g/mol. The number of amides is 1. The maximum absolute atomic E-state index is 12.2. The molecule has 1 aromatic carbocycles. The zero-order valence-corrected chi connectivity index (χ0v) is 14.9. The van der Waals surface area contributed by atoms with E-state index in [1.165, 1.54) is 0 Å². The molecule has 0 spiro atoms.